The van der Waals surface area contributed by atoms with E-state index in [2.05, 4.69) is 41.3 Å². The van der Waals surface area contributed by atoms with Crippen LogP contribution in [-0.4, -0.2) is 51.4 Å². The molecule has 7 atom stereocenters. The number of aliphatic hydroxyl groups excluding tert-OH is 3. The molecule has 1 saturated heterocycles. The molecular formula is C27H33N3O3. The highest BCUT2D eigenvalue weighted by molar-refractivity contribution is 5.64. The smallest absolute Gasteiger partial charge is 0.127 e. The molecule has 2 aromatic carbocycles. The van der Waals surface area contributed by atoms with Crippen LogP contribution in [0.5, 0.6) is 0 Å². The number of hydrogen-bond donors (Lipinski definition) is 3. The van der Waals surface area contributed by atoms with E-state index in [0.29, 0.717) is 13.0 Å². The average Bonchev–Trinajstić information content (AvgIpc) is 2.85. The van der Waals surface area contributed by atoms with Crippen molar-refractivity contribution in [3.63, 3.8) is 0 Å². The normalized spacial score (nSPS) is 32.3. The Hall–Kier alpha value is -2.69. The van der Waals surface area contributed by atoms with E-state index in [9.17, 15) is 20.6 Å². The van der Waals surface area contributed by atoms with Gasteiger partial charge in [-0.15, -0.1) is 0 Å². The number of benzene rings is 2. The van der Waals surface area contributed by atoms with Gasteiger partial charge in [-0.3, -0.25) is 4.90 Å². The summed E-state index contributed by atoms with van der Waals surface area (Å²) in [6, 6.07) is 22.9. The Kier molecular flexibility index (Phi) is 7.46. The van der Waals surface area contributed by atoms with Gasteiger partial charge in [-0.2, -0.15) is 5.26 Å². The number of likely N-dealkylation sites (tertiary alicyclic amines) is 1. The molecule has 0 amide bonds. The minimum Gasteiger partial charge on any atom is -0.391 e. The zero-order valence-electron chi connectivity index (χ0n) is 19.0. The van der Waals surface area contributed by atoms with Gasteiger partial charge in [0.25, 0.3) is 0 Å². The third-order valence-electron chi connectivity index (χ3n) is 7.12. The van der Waals surface area contributed by atoms with Crippen molar-refractivity contribution < 1.29 is 15.3 Å². The summed E-state index contributed by atoms with van der Waals surface area (Å²) in [7, 11) is 0. The van der Waals surface area contributed by atoms with Crippen LogP contribution < -0.4 is 4.90 Å². The largest absolute Gasteiger partial charge is 0.391 e. The van der Waals surface area contributed by atoms with Crippen LogP contribution in [0.2, 0.25) is 0 Å². The molecule has 1 heterocycles. The van der Waals surface area contributed by atoms with E-state index in [-0.39, 0.29) is 12.0 Å². The highest BCUT2D eigenvalue weighted by atomic mass is 16.3. The molecule has 6 nitrogen and oxygen atoms in total. The van der Waals surface area contributed by atoms with Crippen molar-refractivity contribution in [2.45, 2.75) is 50.8 Å². The number of aliphatic hydroxyl groups is 3. The second-order valence-corrected chi connectivity index (χ2v) is 9.03. The number of anilines is 2. The lowest BCUT2D eigenvalue weighted by Gasteiger charge is -2.47. The second kappa shape index (κ2) is 10.5. The minimum atomic E-state index is -1.15. The van der Waals surface area contributed by atoms with Gasteiger partial charge in [-0.1, -0.05) is 55.5 Å². The first-order chi connectivity index (χ1) is 16.0. The number of piperidine rings is 1. The summed E-state index contributed by atoms with van der Waals surface area (Å²) in [5.41, 5.74) is 2.28. The van der Waals surface area contributed by atoms with Crippen LogP contribution in [0.25, 0.3) is 0 Å². The predicted molar refractivity (Wildman–Crippen MR) is 128 cm³/mol. The van der Waals surface area contributed by atoms with Gasteiger partial charge in [-0.05, 0) is 49.4 Å². The molecular weight excluding hydrogens is 414 g/mol. The monoisotopic (exact) mass is 447 g/mol. The van der Waals surface area contributed by atoms with Crippen LogP contribution in [0.3, 0.4) is 0 Å². The molecule has 174 valence electrons. The van der Waals surface area contributed by atoms with Crippen LogP contribution >= 0.6 is 0 Å². The molecule has 0 spiro atoms. The fourth-order valence-corrected chi connectivity index (χ4v) is 5.34. The van der Waals surface area contributed by atoms with E-state index in [1.165, 1.54) is 4.90 Å². The van der Waals surface area contributed by atoms with Crippen molar-refractivity contribution in [1.82, 2.24) is 4.90 Å². The maximum absolute atomic E-state index is 10.8. The summed E-state index contributed by atoms with van der Waals surface area (Å²) in [6.07, 6.45) is 3.66. The number of nitriles is 1. The lowest BCUT2D eigenvalue weighted by atomic mass is 9.76. The molecule has 0 saturated carbocycles. The van der Waals surface area contributed by atoms with Crippen molar-refractivity contribution in [3.05, 3.63) is 72.8 Å². The van der Waals surface area contributed by atoms with Crippen molar-refractivity contribution >= 4 is 11.4 Å². The third kappa shape index (κ3) is 4.83. The molecule has 7 unspecified atom stereocenters. The lowest BCUT2D eigenvalue weighted by molar-refractivity contribution is -0.212. The first-order valence-corrected chi connectivity index (χ1v) is 11.8. The van der Waals surface area contributed by atoms with Gasteiger partial charge in [-0.25, -0.2) is 0 Å². The molecule has 6 heteroatoms. The SMILES string of the molecule is CCN1C(O)C(C#N)C(O)C(CC2C=CC(N(c3ccccc3)c3ccccc3)CC2)C1O. The Morgan fingerprint density at radius 3 is 2.00 bits per heavy atom. The number of para-hydroxylation sites is 2. The summed E-state index contributed by atoms with van der Waals surface area (Å²) >= 11 is 0. The van der Waals surface area contributed by atoms with Crippen molar-refractivity contribution in [1.29, 1.82) is 5.26 Å². The average molecular weight is 448 g/mol. The molecule has 0 bridgehead atoms. The molecule has 4 rings (SSSR count). The molecule has 1 aliphatic heterocycles. The topological polar surface area (TPSA) is 91.0 Å². The summed E-state index contributed by atoms with van der Waals surface area (Å²) in [6.45, 7) is 2.25. The number of allylic oxidation sites excluding steroid dienone is 1. The Balaban J connectivity index is 1.51. The van der Waals surface area contributed by atoms with Gasteiger partial charge < -0.3 is 20.2 Å². The van der Waals surface area contributed by atoms with E-state index >= 15 is 0 Å². The first-order valence-electron chi connectivity index (χ1n) is 11.8. The van der Waals surface area contributed by atoms with Gasteiger partial charge in [0.05, 0.1) is 18.2 Å². The van der Waals surface area contributed by atoms with Crippen molar-refractivity contribution in [3.8, 4) is 6.07 Å². The fourth-order valence-electron chi connectivity index (χ4n) is 5.34. The number of rotatable bonds is 6. The van der Waals surface area contributed by atoms with Crippen LogP contribution in [0.4, 0.5) is 11.4 Å². The Morgan fingerprint density at radius 2 is 1.52 bits per heavy atom. The lowest BCUT2D eigenvalue weighted by Crippen LogP contribution is -2.61. The highest BCUT2D eigenvalue weighted by Gasteiger charge is 2.47. The van der Waals surface area contributed by atoms with Crippen LogP contribution in [0.1, 0.15) is 26.2 Å². The third-order valence-corrected chi connectivity index (χ3v) is 7.12. The van der Waals surface area contributed by atoms with E-state index < -0.39 is 30.4 Å². The zero-order chi connectivity index (χ0) is 23.4. The quantitative estimate of drug-likeness (QED) is 0.586. The highest BCUT2D eigenvalue weighted by Crippen LogP contribution is 2.38. The van der Waals surface area contributed by atoms with E-state index in [1.807, 2.05) is 49.4 Å². The Labute approximate surface area is 196 Å². The first kappa shape index (κ1) is 23.5. The molecule has 1 fully saturated rings. The maximum Gasteiger partial charge on any atom is 0.127 e. The summed E-state index contributed by atoms with van der Waals surface area (Å²) < 4.78 is 0. The standard InChI is InChI=1S/C27H33N3O3/c1-2-29-26(32)23(25(31)24(18-28)27(29)33)17-19-13-15-22(16-14-19)30(20-9-5-3-6-10-20)21-11-7-4-8-12-21/h3-13,15,19,22-27,31-33H,2,14,16-17H2,1H3. The molecule has 2 aromatic rings. The van der Waals surface area contributed by atoms with Gasteiger partial charge in [0, 0.05) is 23.8 Å². The summed E-state index contributed by atoms with van der Waals surface area (Å²) in [5.74, 6) is -1.22. The molecule has 0 radical (unpaired) electrons. The molecule has 0 aromatic heterocycles. The van der Waals surface area contributed by atoms with E-state index in [1.54, 1.807) is 0 Å². The van der Waals surface area contributed by atoms with Gasteiger partial charge in [0.15, 0.2) is 0 Å². The Morgan fingerprint density at radius 1 is 0.909 bits per heavy atom. The minimum absolute atomic E-state index is 0.192. The van der Waals surface area contributed by atoms with Crippen LogP contribution in [-0.2, 0) is 0 Å². The van der Waals surface area contributed by atoms with E-state index in [0.717, 1.165) is 24.2 Å². The summed E-state index contributed by atoms with van der Waals surface area (Å²) in [4.78, 5) is 3.85. The Bertz CT molecular complexity index is 922. The van der Waals surface area contributed by atoms with Gasteiger partial charge in [0.1, 0.15) is 18.4 Å². The molecule has 33 heavy (non-hydrogen) atoms. The molecule has 3 N–H and O–H groups in total. The van der Waals surface area contributed by atoms with E-state index in [4.69, 9.17) is 0 Å². The maximum atomic E-state index is 10.8. The fraction of sp³-hybridized carbons (Fsp3) is 0.444. The second-order valence-electron chi connectivity index (χ2n) is 9.03. The summed E-state index contributed by atoms with van der Waals surface area (Å²) in [5, 5.41) is 41.4. The van der Waals surface area contributed by atoms with Gasteiger partial charge >= 0.3 is 0 Å². The predicted octanol–water partition coefficient (Wildman–Crippen LogP) is 3.64. The zero-order valence-corrected chi connectivity index (χ0v) is 19.0. The van der Waals surface area contributed by atoms with Gasteiger partial charge in [0.2, 0.25) is 0 Å². The molecule has 2 aliphatic rings. The van der Waals surface area contributed by atoms with Crippen LogP contribution in [0.15, 0.2) is 72.8 Å². The van der Waals surface area contributed by atoms with Crippen molar-refractivity contribution in [2.24, 2.45) is 17.8 Å². The number of hydrogen-bond acceptors (Lipinski definition) is 6. The number of nitrogens with zero attached hydrogens (tertiary/aromatic N) is 3. The van der Waals surface area contributed by atoms with Crippen molar-refractivity contribution in [2.75, 3.05) is 11.4 Å². The van der Waals surface area contributed by atoms with Crippen LogP contribution in [0, 0.1) is 29.1 Å². The molecule has 1 aliphatic carbocycles.